The number of imidazole rings is 1. The van der Waals surface area contributed by atoms with E-state index < -0.39 is 10.8 Å². The van der Waals surface area contributed by atoms with Gasteiger partial charge in [-0.25, -0.2) is 9.98 Å². The van der Waals surface area contributed by atoms with Crippen LogP contribution in [0.3, 0.4) is 0 Å². The van der Waals surface area contributed by atoms with Crippen LogP contribution in [-0.2, 0) is 23.7 Å². The van der Waals surface area contributed by atoms with Crippen LogP contribution in [0.2, 0.25) is 0 Å². The predicted molar refractivity (Wildman–Crippen MR) is 280 cm³/mol. The molecule has 1 aliphatic heterocycles. The van der Waals surface area contributed by atoms with Gasteiger partial charge in [0.1, 0.15) is 5.82 Å². The van der Waals surface area contributed by atoms with Gasteiger partial charge in [0.25, 0.3) is 0 Å². The van der Waals surface area contributed by atoms with E-state index in [0.717, 1.165) is 64.7 Å². The van der Waals surface area contributed by atoms with Crippen molar-refractivity contribution in [3.63, 3.8) is 0 Å². The molecule has 5 aliphatic rings. The Kier molecular flexibility index (Phi) is 7.35. The third-order valence-corrected chi connectivity index (χ3v) is 16.3. The molecule has 2 spiro atoms. The second kappa shape index (κ2) is 13.5. The average molecular weight is 879 g/mol. The van der Waals surface area contributed by atoms with E-state index in [-0.39, 0.29) is 0 Å². The van der Waals surface area contributed by atoms with Crippen LogP contribution in [0.15, 0.2) is 217 Å². The minimum absolute atomic E-state index is 0.481. The largest absolute Gasteiger partial charge is 0.279 e. The van der Waals surface area contributed by atoms with Gasteiger partial charge in [0.15, 0.2) is 0 Å². The maximum atomic E-state index is 5.60. The lowest BCUT2D eigenvalue weighted by Crippen LogP contribution is -2.43. The van der Waals surface area contributed by atoms with Crippen molar-refractivity contribution in [1.29, 1.82) is 0 Å². The Bertz CT molecular complexity index is 4040. The summed E-state index contributed by atoms with van der Waals surface area (Å²) in [6, 6.07) is 77.9. The van der Waals surface area contributed by atoms with Crippen LogP contribution in [0, 0.1) is 0 Å². The molecule has 0 fully saturated rings. The molecule has 0 atom stereocenters. The summed E-state index contributed by atoms with van der Waals surface area (Å²) in [6.07, 6.45) is 7.19. The smallest absolute Gasteiger partial charge is 0.221 e. The zero-order valence-corrected chi connectivity index (χ0v) is 37.7. The van der Waals surface area contributed by atoms with Crippen LogP contribution in [0.5, 0.6) is 0 Å². The quantitative estimate of drug-likeness (QED) is 0.162. The van der Waals surface area contributed by atoms with Crippen molar-refractivity contribution in [2.24, 2.45) is 4.99 Å². The van der Waals surface area contributed by atoms with Crippen LogP contribution in [0.4, 0.5) is 5.69 Å². The average Bonchev–Trinajstić information content (AvgIpc) is 4.09. The predicted octanol–water partition coefficient (Wildman–Crippen LogP) is 14.6. The molecule has 0 amide bonds. The summed E-state index contributed by atoms with van der Waals surface area (Å²) < 4.78 is 4.74. The normalized spacial score (nSPS) is 15.6. The molecule has 0 saturated heterocycles. The summed E-state index contributed by atoms with van der Waals surface area (Å²) in [4.78, 5) is 10.9. The molecule has 0 unspecified atom stereocenters. The molecule has 4 nitrogen and oxygen atoms in total. The van der Waals surface area contributed by atoms with Gasteiger partial charge in [-0.15, -0.1) is 0 Å². The van der Waals surface area contributed by atoms with Crippen molar-refractivity contribution < 1.29 is 0 Å². The van der Waals surface area contributed by atoms with Crippen molar-refractivity contribution >= 4 is 39.5 Å². The van der Waals surface area contributed by atoms with E-state index in [4.69, 9.17) is 9.98 Å². The maximum Gasteiger partial charge on any atom is 0.221 e. The summed E-state index contributed by atoms with van der Waals surface area (Å²) in [7, 11) is 0. The Balaban J connectivity index is 0.959. The first-order valence-electron chi connectivity index (χ1n) is 24.3. The van der Waals surface area contributed by atoms with E-state index in [9.17, 15) is 0 Å². The lowest BCUT2D eigenvalue weighted by molar-refractivity contribution is 0.633. The standard InChI is InChI=1S/C65H42N4/c1-13-29-57-42(17-1)39-62-66-58-30-14-16-32-60(58)69(62)63(67-57)68-59-31-15-5-21-47(59)48-36-34-41(38-61(48)68)40-33-35-46-45-20-4-8-24-51(45)65(56(46)37-40)54-27-11-9-25-52(54)64(53-26-10-12-28-55(53)65)49-22-6-2-18-43(49)44-19-3-7-23-50(44)64/h1-13,15-29,31-38H,14,30,39H2. The number of aliphatic imine (C=N–C) groups is 1. The summed E-state index contributed by atoms with van der Waals surface area (Å²) in [5, 5.41) is 2.40. The molecule has 4 aliphatic carbocycles. The van der Waals surface area contributed by atoms with Crippen LogP contribution < -0.4 is 0 Å². The highest BCUT2D eigenvalue weighted by Gasteiger charge is 2.58. The fraction of sp³-hybridized carbons (Fsp3) is 0.0769. The Morgan fingerprint density at radius 3 is 1.62 bits per heavy atom. The van der Waals surface area contributed by atoms with E-state index in [1.54, 1.807) is 0 Å². The fourth-order valence-electron chi connectivity index (χ4n) is 13.7. The Hall–Kier alpha value is -8.60. The van der Waals surface area contributed by atoms with E-state index in [2.05, 4.69) is 228 Å². The lowest BCUT2D eigenvalue weighted by atomic mass is 9.52. The van der Waals surface area contributed by atoms with Crippen molar-refractivity contribution in [3.8, 4) is 33.4 Å². The van der Waals surface area contributed by atoms with Crippen LogP contribution in [0.25, 0.3) is 61.3 Å². The highest BCUT2D eigenvalue weighted by atomic mass is 15.3. The van der Waals surface area contributed by atoms with Gasteiger partial charge in [-0.05, 0) is 127 Å². The molecule has 16 rings (SSSR count). The van der Waals surface area contributed by atoms with Gasteiger partial charge in [0, 0.05) is 17.2 Å². The number of allylic oxidation sites excluding steroid dienone is 1. The summed E-state index contributed by atoms with van der Waals surface area (Å²) in [5.41, 5.74) is 23.9. The minimum atomic E-state index is -0.571. The van der Waals surface area contributed by atoms with Gasteiger partial charge >= 0.3 is 0 Å². The summed E-state index contributed by atoms with van der Waals surface area (Å²) in [6.45, 7) is 0. The molecule has 9 aromatic carbocycles. The molecule has 11 aromatic rings. The molecular weight excluding hydrogens is 837 g/mol. The molecule has 69 heavy (non-hydrogen) atoms. The van der Waals surface area contributed by atoms with E-state index in [1.807, 2.05) is 0 Å². The zero-order chi connectivity index (χ0) is 45.0. The highest BCUT2D eigenvalue weighted by molar-refractivity contribution is 6.15. The number of aryl methyl sites for hydroxylation is 1. The third-order valence-electron chi connectivity index (χ3n) is 16.3. The Morgan fingerprint density at radius 1 is 0.420 bits per heavy atom. The van der Waals surface area contributed by atoms with E-state index >= 15 is 0 Å². The first-order valence-corrected chi connectivity index (χ1v) is 24.3. The van der Waals surface area contributed by atoms with Crippen LogP contribution in [0.1, 0.15) is 73.7 Å². The number of nitrogens with zero attached hydrogens (tertiary/aromatic N) is 4. The zero-order valence-electron chi connectivity index (χ0n) is 37.7. The van der Waals surface area contributed by atoms with Crippen LogP contribution in [-0.4, -0.2) is 20.1 Å². The number of para-hydroxylation sites is 2. The monoisotopic (exact) mass is 878 g/mol. The second-order valence-corrected chi connectivity index (χ2v) is 19.4. The highest BCUT2D eigenvalue weighted by Crippen LogP contribution is 2.67. The first-order chi connectivity index (χ1) is 34.2. The number of aromatic nitrogens is 3. The van der Waals surface area contributed by atoms with Crippen molar-refractivity contribution in [3.05, 3.63) is 280 Å². The van der Waals surface area contributed by atoms with Gasteiger partial charge in [-0.3, -0.25) is 9.13 Å². The Labute approximate surface area is 399 Å². The molecule has 0 bridgehead atoms. The summed E-state index contributed by atoms with van der Waals surface area (Å²) in [5.74, 6) is 1.89. The maximum absolute atomic E-state index is 5.60. The fourth-order valence-corrected chi connectivity index (χ4v) is 13.7. The molecule has 2 aromatic heterocycles. The molecule has 3 heterocycles. The van der Waals surface area contributed by atoms with Crippen LogP contribution >= 0.6 is 0 Å². The number of rotatable bonds is 1. The first kappa shape index (κ1) is 37.5. The van der Waals surface area contributed by atoms with E-state index in [1.165, 1.54) is 88.7 Å². The molecule has 0 saturated carbocycles. The third kappa shape index (κ3) is 4.64. The number of hydrogen-bond donors (Lipinski definition) is 0. The Morgan fingerprint density at radius 2 is 0.942 bits per heavy atom. The number of hydrogen-bond acceptors (Lipinski definition) is 2. The van der Waals surface area contributed by atoms with Gasteiger partial charge in [-0.2, -0.15) is 0 Å². The van der Waals surface area contributed by atoms with Gasteiger partial charge in [0.2, 0.25) is 5.96 Å². The lowest BCUT2D eigenvalue weighted by Gasteiger charge is -2.48. The number of benzene rings is 9. The molecule has 0 N–H and O–H groups in total. The van der Waals surface area contributed by atoms with Crippen molar-refractivity contribution in [2.75, 3.05) is 0 Å². The molecule has 0 radical (unpaired) electrons. The molecular formula is C65H42N4. The number of fused-ring (bicyclic) bond motifs is 23. The summed E-state index contributed by atoms with van der Waals surface area (Å²) >= 11 is 0. The topological polar surface area (TPSA) is 35.1 Å². The van der Waals surface area contributed by atoms with Crippen molar-refractivity contribution in [1.82, 2.24) is 14.1 Å². The molecule has 4 heteroatoms. The van der Waals surface area contributed by atoms with Gasteiger partial charge < -0.3 is 0 Å². The minimum Gasteiger partial charge on any atom is -0.279 e. The van der Waals surface area contributed by atoms with Gasteiger partial charge in [-0.1, -0.05) is 188 Å². The van der Waals surface area contributed by atoms with E-state index in [0.29, 0.717) is 0 Å². The van der Waals surface area contributed by atoms with Gasteiger partial charge in [0.05, 0.1) is 38.9 Å². The SMILES string of the molecule is C1=Cc2c(nc3n2C(n2c4ccccc4c4ccc(-c5ccc6c(c5)C5(c7ccccc7-6)c6ccccc6C6(c7ccccc7-c7ccccc76)c6ccccc65)cc42)=Nc2ccccc2C3)CC1. The van der Waals surface area contributed by atoms with Crippen molar-refractivity contribution in [2.45, 2.75) is 30.1 Å². The second-order valence-electron chi connectivity index (χ2n) is 19.4. The molecule has 322 valence electrons.